The number of nitrogens with one attached hydrogen (secondary N) is 1. The van der Waals surface area contributed by atoms with Crippen molar-refractivity contribution >= 4 is 44.6 Å². The molecule has 0 atom stereocenters. The van der Waals surface area contributed by atoms with E-state index in [2.05, 4.69) is 37.1 Å². The molecule has 39 heavy (non-hydrogen) atoms. The summed E-state index contributed by atoms with van der Waals surface area (Å²) in [5, 5.41) is 3.01. The Morgan fingerprint density at radius 2 is 1.59 bits per heavy atom. The van der Waals surface area contributed by atoms with Crippen LogP contribution in [0.15, 0.2) is 56.5 Å². The predicted octanol–water partition coefficient (Wildman–Crippen LogP) is 2.62. The molecule has 3 heterocycles. The van der Waals surface area contributed by atoms with Crippen molar-refractivity contribution in [2.75, 3.05) is 42.9 Å². The third kappa shape index (κ3) is 5.55. The van der Waals surface area contributed by atoms with E-state index in [1.807, 2.05) is 54.8 Å². The van der Waals surface area contributed by atoms with Crippen LogP contribution in [0.2, 0.25) is 0 Å². The minimum Gasteiger partial charge on any atom is -0.340 e. The van der Waals surface area contributed by atoms with Crippen molar-refractivity contribution in [1.29, 1.82) is 0 Å². The van der Waals surface area contributed by atoms with E-state index in [4.69, 9.17) is 4.98 Å². The Bertz CT molecular complexity index is 1640. The van der Waals surface area contributed by atoms with Gasteiger partial charge in [-0.25, -0.2) is 4.79 Å². The first kappa shape index (κ1) is 26.9. The zero-order valence-electron chi connectivity index (χ0n) is 22.6. The molecular formula is C28H32BrN7O3. The first-order valence-electron chi connectivity index (χ1n) is 12.9. The number of aromatic nitrogens is 4. The van der Waals surface area contributed by atoms with Gasteiger partial charge in [-0.3, -0.25) is 28.2 Å². The number of anilines is 2. The predicted molar refractivity (Wildman–Crippen MR) is 157 cm³/mol. The molecule has 1 aliphatic rings. The number of carbonyl (C=O) groups is 1. The monoisotopic (exact) mass is 593 g/mol. The first-order chi connectivity index (χ1) is 18.6. The molecule has 1 fully saturated rings. The summed E-state index contributed by atoms with van der Waals surface area (Å²) in [6.45, 7) is 7.36. The number of hydrogen-bond acceptors (Lipinski definition) is 6. The van der Waals surface area contributed by atoms with Gasteiger partial charge in [-0.2, -0.15) is 4.98 Å². The molecule has 0 saturated carbocycles. The Kier molecular flexibility index (Phi) is 7.46. The topological polar surface area (TPSA) is 97.4 Å². The highest BCUT2D eigenvalue weighted by atomic mass is 79.9. The number of aryl methyl sites for hydroxylation is 3. The van der Waals surface area contributed by atoms with Crippen LogP contribution < -0.4 is 21.5 Å². The van der Waals surface area contributed by atoms with Crippen LogP contribution in [0.4, 0.5) is 11.6 Å². The Balaban J connectivity index is 1.38. The molecule has 2 aromatic carbocycles. The molecule has 1 saturated heterocycles. The maximum Gasteiger partial charge on any atom is 0.332 e. The molecule has 4 aromatic rings. The SMILES string of the molecule is Cc1cc(C)cc(NC(=O)CN2CCN(c3nc4c(c(=O)n(C)c(=O)n4C)n3Cc3ccc(Br)cc3)CC2)c1. The second-order valence-electron chi connectivity index (χ2n) is 10.2. The lowest BCUT2D eigenvalue weighted by molar-refractivity contribution is -0.117. The maximum absolute atomic E-state index is 13.2. The molecule has 5 rings (SSSR count). The van der Waals surface area contributed by atoms with Crippen LogP contribution in [0.3, 0.4) is 0 Å². The summed E-state index contributed by atoms with van der Waals surface area (Å²) in [5.74, 6) is 0.597. The van der Waals surface area contributed by atoms with Gasteiger partial charge < -0.3 is 10.2 Å². The highest BCUT2D eigenvalue weighted by Crippen LogP contribution is 2.23. The summed E-state index contributed by atoms with van der Waals surface area (Å²) < 4.78 is 5.42. The maximum atomic E-state index is 13.2. The molecule has 0 spiro atoms. The van der Waals surface area contributed by atoms with E-state index < -0.39 is 5.69 Å². The van der Waals surface area contributed by atoms with Gasteiger partial charge >= 0.3 is 5.69 Å². The highest BCUT2D eigenvalue weighted by Gasteiger charge is 2.26. The van der Waals surface area contributed by atoms with Gasteiger partial charge in [0.2, 0.25) is 11.9 Å². The number of imidazole rings is 1. The summed E-state index contributed by atoms with van der Waals surface area (Å²) in [4.78, 5) is 47.6. The van der Waals surface area contributed by atoms with Crippen molar-refractivity contribution in [2.24, 2.45) is 14.1 Å². The average molecular weight is 595 g/mol. The van der Waals surface area contributed by atoms with Gasteiger partial charge in [0.05, 0.1) is 13.1 Å². The number of halogens is 1. The molecular weight excluding hydrogens is 562 g/mol. The van der Waals surface area contributed by atoms with Gasteiger partial charge in [0.1, 0.15) is 0 Å². The van der Waals surface area contributed by atoms with Crippen LogP contribution in [0, 0.1) is 13.8 Å². The fourth-order valence-corrected chi connectivity index (χ4v) is 5.42. The van der Waals surface area contributed by atoms with Gasteiger partial charge in [-0.1, -0.05) is 34.1 Å². The molecule has 2 aromatic heterocycles. The van der Waals surface area contributed by atoms with Gasteiger partial charge in [-0.05, 0) is 54.8 Å². The first-order valence-corrected chi connectivity index (χ1v) is 13.7. The molecule has 11 heteroatoms. The number of piperazine rings is 1. The number of hydrogen-bond donors (Lipinski definition) is 1. The van der Waals surface area contributed by atoms with Crippen LogP contribution in [0.25, 0.3) is 11.2 Å². The minimum absolute atomic E-state index is 0.0468. The van der Waals surface area contributed by atoms with Crippen molar-refractivity contribution in [2.45, 2.75) is 20.4 Å². The minimum atomic E-state index is -0.410. The summed E-state index contributed by atoms with van der Waals surface area (Å²) in [6, 6.07) is 13.9. The number of nitrogens with zero attached hydrogens (tertiary/aromatic N) is 6. The largest absolute Gasteiger partial charge is 0.340 e. The summed E-state index contributed by atoms with van der Waals surface area (Å²) in [7, 11) is 3.12. The standard InChI is InChI=1S/C28H32BrN7O3/c1-18-13-19(2)15-22(14-18)30-23(37)17-34-9-11-35(12-10-34)27-31-25-24(26(38)33(4)28(39)32(25)3)36(27)16-20-5-7-21(29)8-6-20/h5-8,13-15H,9-12,16-17H2,1-4H3,(H,30,37). The van der Waals surface area contributed by atoms with Crippen LogP contribution in [0.1, 0.15) is 16.7 Å². The number of carbonyl (C=O) groups excluding carboxylic acids is 1. The lowest BCUT2D eigenvalue weighted by Crippen LogP contribution is -2.49. The number of rotatable bonds is 6. The molecule has 0 bridgehead atoms. The normalized spacial score (nSPS) is 14.2. The molecule has 10 nitrogen and oxygen atoms in total. The quantitative estimate of drug-likeness (QED) is 0.369. The second kappa shape index (κ2) is 10.8. The second-order valence-corrected chi connectivity index (χ2v) is 11.1. The van der Waals surface area contributed by atoms with Crippen molar-refractivity contribution in [3.05, 3.63) is 84.5 Å². The van der Waals surface area contributed by atoms with E-state index in [-0.39, 0.29) is 11.5 Å². The molecule has 1 N–H and O–H groups in total. The Morgan fingerprint density at radius 1 is 0.949 bits per heavy atom. The van der Waals surface area contributed by atoms with Crippen molar-refractivity contribution in [3.63, 3.8) is 0 Å². The fraction of sp³-hybridized carbons (Fsp3) is 0.357. The average Bonchev–Trinajstić information content (AvgIpc) is 3.26. The van der Waals surface area contributed by atoms with E-state index in [9.17, 15) is 14.4 Å². The van der Waals surface area contributed by atoms with Crippen LogP contribution in [-0.4, -0.2) is 62.2 Å². The molecule has 1 aliphatic heterocycles. The van der Waals surface area contributed by atoms with Gasteiger partial charge in [-0.15, -0.1) is 0 Å². The van der Waals surface area contributed by atoms with Crippen LogP contribution in [0.5, 0.6) is 0 Å². The van der Waals surface area contributed by atoms with Gasteiger partial charge in [0, 0.05) is 50.4 Å². The van der Waals surface area contributed by atoms with E-state index in [0.717, 1.165) is 31.4 Å². The smallest absolute Gasteiger partial charge is 0.332 e. The fourth-order valence-electron chi connectivity index (χ4n) is 5.16. The van der Waals surface area contributed by atoms with Crippen molar-refractivity contribution < 1.29 is 4.79 Å². The van der Waals surface area contributed by atoms with E-state index in [1.54, 1.807) is 7.05 Å². The van der Waals surface area contributed by atoms with E-state index in [0.29, 0.717) is 56.4 Å². The third-order valence-electron chi connectivity index (χ3n) is 7.11. The highest BCUT2D eigenvalue weighted by molar-refractivity contribution is 9.10. The lowest BCUT2D eigenvalue weighted by Gasteiger charge is -2.35. The summed E-state index contributed by atoms with van der Waals surface area (Å²) >= 11 is 3.47. The van der Waals surface area contributed by atoms with E-state index in [1.165, 1.54) is 11.6 Å². The third-order valence-corrected chi connectivity index (χ3v) is 7.64. The lowest BCUT2D eigenvalue weighted by atomic mass is 10.1. The van der Waals surface area contributed by atoms with Crippen molar-refractivity contribution in [1.82, 2.24) is 23.6 Å². The Morgan fingerprint density at radius 3 is 2.23 bits per heavy atom. The van der Waals surface area contributed by atoms with E-state index >= 15 is 0 Å². The molecule has 1 amide bonds. The number of benzene rings is 2. The summed E-state index contributed by atoms with van der Waals surface area (Å²) in [6.07, 6.45) is 0. The van der Waals surface area contributed by atoms with Crippen LogP contribution in [-0.2, 0) is 25.4 Å². The molecule has 204 valence electrons. The van der Waals surface area contributed by atoms with Crippen molar-refractivity contribution in [3.8, 4) is 0 Å². The Hall–Kier alpha value is -3.70. The Labute approximate surface area is 234 Å². The number of amides is 1. The van der Waals surface area contributed by atoms with Gasteiger partial charge in [0.15, 0.2) is 11.2 Å². The number of fused-ring (bicyclic) bond motifs is 1. The zero-order chi connectivity index (χ0) is 27.8. The summed E-state index contributed by atoms with van der Waals surface area (Å²) in [5.41, 5.74) is 4.02. The van der Waals surface area contributed by atoms with Crippen LogP contribution >= 0.6 is 15.9 Å². The zero-order valence-corrected chi connectivity index (χ0v) is 24.2. The molecule has 0 aliphatic carbocycles. The molecule has 0 radical (unpaired) electrons. The van der Waals surface area contributed by atoms with Gasteiger partial charge in [0.25, 0.3) is 5.56 Å². The molecule has 0 unspecified atom stereocenters.